The van der Waals surface area contributed by atoms with Crippen LogP contribution in [0.15, 0.2) is 18.2 Å². The lowest BCUT2D eigenvalue weighted by Crippen LogP contribution is -2.57. The molecule has 122 valence electrons. The van der Waals surface area contributed by atoms with Gasteiger partial charge in [0.15, 0.2) is 6.04 Å². The molecule has 0 bridgehead atoms. The van der Waals surface area contributed by atoms with Gasteiger partial charge in [0.25, 0.3) is 5.91 Å². The molecule has 1 fully saturated rings. The average molecular weight is 315 g/mol. The number of quaternary nitrogens is 1. The number of para-hydroxylation sites is 1. The van der Waals surface area contributed by atoms with Crippen LogP contribution in [0.4, 0.5) is 18.9 Å². The van der Waals surface area contributed by atoms with Crippen LogP contribution in [-0.4, -0.2) is 37.1 Å². The van der Waals surface area contributed by atoms with Gasteiger partial charge in [0, 0.05) is 6.42 Å². The second kappa shape index (κ2) is 5.91. The molecule has 0 spiro atoms. The molecule has 0 saturated carbocycles. The third kappa shape index (κ3) is 3.43. The second-order valence-electron chi connectivity index (χ2n) is 6.50. The Bertz CT molecular complexity index is 567. The zero-order valence-corrected chi connectivity index (χ0v) is 13.1. The molecule has 1 unspecified atom stereocenters. The summed E-state index contributed by atoms with van der Waals surface area (Å²) in [6, 6.07) is 3.62. The highest BCUT2D eigenvalue weighted by Gasteiger charge is 2.39. The van der Waals surface area contributed by atoms with E-state index in [0.29, 0.717) is 16.5 Å². The molecule has 1 saturated heterocycles. The fraction of sp³-hybridized carbons (Fsp3) is 0.562. The Balaban J connectivity index is 2.29. The number of hydrogen-bond acceptors (Lipinski definition) is 1. The van der Waals surface area contributed by atoms with Crippen LogP contribution in [0.5, 0.6) is 0 Å². The number of rotatable bonds is 2. The fourth-order valence-electron chi connectivity index (χ4n) is 3.09. The van der Waals surface area contributed by atoms with E-state index < -0.39 is 11.7 Å². The van der Waals surface area contributed by atoms with E-state index >= 15 is 0 Å². The lowest BCUT2D eigenvalue weighted by Gasteiger charge is -2.40. The minimum atomic E-state index is -4.48. The number of likely N-dealkylation sites (tertiary alicyclic amines) is 1. The van der Waals surface area contributed by atoms with Crippen molar-refractivity contribution in [2.75, 3.05) is 26.0 Å². The van der Waals surface area contributed by atoms with E-state index in [1.807, 2.05) is 14.1 Å². The molecule has 1 heterocycles. The van der Waals surface area contributed by atoms with Crippen molar-refractivity contribution in [3.05, 3.63) is 29.3 Å². The average Bonchev–Trinajstić information content (AvgIpc) is 2.39. The number of amides is 1. The number of nitrogens with zero attached hydrogens (tertiary/aromatic N) is 1. The van der Waals surface area contributed by atoms with Gasteiger partial charge < -0.3 is 9.80 Å². The van der Waals surface area contributed by atoms with Crippen LogP contribution in [0.3, 0.4) is 0 Å². The predicted octanol–water partition coefficient (Wildman–Crippen LogP) is 3.58. The number of likely N-dealkylation sites (N-methyl/N-ethyl adjacent to an activating group) is 1. The van der Waals surface area contributed by atoms with Crippen molar-refractivity contribution >= 4 is 11.6 Å². The van der Waals surface area contributed by atoms with Crippen molar-refractivity contribution in [2.24, 2.45) is 0 Å². The van der Waals surface area contributed by atoms with Gasteiger partial charge in [-0.05, 0) is 31.4 Å². The molecule has 0 radical (unpaired) electrons. The maximum Gasteiger partial charge on any atom is 0.418 e. The Labute approximate surface area is 128 Å². The molecule has 1 aromatic rings. The number of anilines is 1. The van der Waals surface area contributed by atoms with Crippen molar-refractivity contribution < 1.29 is 22.4 Å². The van der Waals surface area contributed by atoms with E-state index in [4.69, 9.17) is 0 Å². The normalized spacial score (nSPS) is 21.5. The SMILES string of the molecule is Cc1cccc(C(F)(F)F)c1NC(=O)C1CCCC[N+]1(C)C. The topological polar surface area (TPSA) is 29.1 Å². The maximum absolute atomic E-state index is 13.1. The van der Waals surface area contributed by atoms with Gasteiger partial charge in [-0.25, -0.2) is 0 Å². The van der Waals surface area contributed by atoms with Gasteiger partial charge in [0.2, 0.25) is 0 Å². The Morgan fingerprint density at radius 2 is 1.95 bits per heavy atom. The molecule has 22 heavy (non-hydrogen) atoms. The van der Waals surface area contributed by atoms with E-state index in [-0.39, 0.29) is 17.6 Å². The number of benzene rings is 1. The third-order valence-electron chi connectivity index (χ3n) is 4.43. The van der Waals surface area contributed by atoms with Crippen molar-refractivity contribution in [2.45, 2.75) is 38.4 Å². The van der Waals surface area contributed by atoms with Crippen LogP contribution in [-0.2, 0) is 11.0 Å². The van der Waals surface area contributed by atoms with Crippen molar-refractivity contribution in [1.29, 1.82) is 0 Å². The van der Waals surface area contributed by atoms with Gasteiger partial charge in [0.1, 0.15) is 0 Å². The largest absolute Gasteiger partial charge is 0.418 e. The summed E-state index contributed by atoms with van der Waals surface area (Å²) >= 11 is 0. The highest BCUT2D eigenvalue weighted by atomic mass is 19.4. The molecule has 0 aliphatic carbocycles. The number of aryl methyl sites for hydroxylation is 1. The van der Waals surface area contributed by atoms with E-state index in [0.717, 1.165) is 25.5 Å². The minimum Gasteiger partial charge on any atom is -0.320 e. The van der Waals surface area contributed by atoms with Crippen molar-refractivity contribution in [3.8, 4) is 0 Å². The van der Waals surface area contributed by atoms with E-state index in [9.17, 15) is 18.0 Å². The lowest BCUT2D eigenvalue weighted by atomic mass is 9.99. The first-order chi connectivity index (χ1) is 10.1. The number of piperidine rings is 1. The number of carbonyl (C=O) groups is 1. The molecule has 6 heteroatoms. The standard InChI is InChI=1S/C16H21F3N2O/c1-11-7-6-8-12(16(17,18)19)14(11)20-15(22)13-9-4-5-10-21(13,2)3/h6-8,13H,4-5,9-10H2,1-3H3/p+1. The van der Waals surface area contributed by atoms with E-state index in [1.54, 1.807) is 13.0 Å². The van der Waals surface area contributed by atoms with E-state index in [1.165, 1.54) is 6.07 Å². The van der Waals surface area contributed by atoms with Gasteiger partial charge in [0.05, 0.1) is 31.9 Å². The highest BCUT2D eigenvalue weighted by molar-refractivity contribution is 5.95. The Hall–Kier alpha value is -1.56. The minimum absolute atomic E-state index is 0.120. The highest BCUT2D eigenvalue weighted by Crippen LogP contribution is 2.37. The van der Waals surface area contributed by atoms with Gasteiger partial charge in [-0.3, -0.25) is 4.79 Å². The summed E-state index contributed by atoms with van der Waals surface area (Å²) in [4.78, 5) is 12.5. The number of nitrogens with one attached hydrogen (secondary N) is 1. The monoisotopic (exact) mass is 315 g/mol. The zero-order chi connectivity index (χ0) is 16.5. The molecule has 1 aromatic carbocycles. The molecule has 2 rings (SSSR count). The van der Waals surface area contributed by atoms with Crippen molar-refractivity contribution in [3.63, 3.8) is 0 Å². The Morgan fingerprint density at radius 3 is 2.55 bits per heavy atom. The van der Waals surface area contributed by atoms with Gasteiger partial charge in [-0.15, -0.1) is 0 Å². The summed E-state index contributed by atoms with van der Waals surface area (Å²) in [7, 11) is 3.90. The number of carbonyl (C=O) groups excluding carboxylic acids is 1. The zero-order valence-electron chi connectivity index (χ0n) is 13.1. The summed E-state index contributed by atoms with van der Waals surface area (Å²) in [5.74, 6) is -0.329. The van der Waals surface area contributed by atoms with Crippen LogP contribution in [0.2, 0.25) is 0 Å². The molecule has 1 N–H and O–H groups in total. The fourth-order valence-corrected chi connectivity index (χ4v) is 3.09. The summed E-state index contributed by atoms with van der Waals surface area (Å²) in [6.07, 6.45) is -1.81. The molecule has 3 nitrogen and oxygen atoms in total. The molecule has 1 atom stereocenters. The summed E-state index contributed by atoms with van der Waals surface area (Å²) in [6.45, 7) is 2.43. The smallest absolute Gasteiger partial charge is 0.320 e. The molecule has 1 amide bonds. The van der Waals surface area contributed by atoms with E-state index in [2.05, 4.69) is 5.32 Å². The number of halogens is 3. The second-order valence-corrected chi connectivity index (χ2v) is 6.50. The van der Waals surface area contributed by atoms with Crippen LogP contribution in [0, 0.1) is 6.92 Å². The first-order valence-electron chi connectivity index (χ1n) is 7.43. The Morgan fingerprint density at radius 1 is 1.27 bits per heavy atom. The molecular formula is C16H22F3N2O+. The van der Waals surface area contributed by atoms with Crippen LogP contribution in [0.1, 0.15) is 30.4 Å². The lowest BCUT2D eigenvalue weighted by molar-refractivity contribution is -0.910. The quantitative estimate of drug-likeness (QED) is 0.831. The first-order valence-corrected chi connectivity index (χ1v) is 7.43. The molecule has 1 aliphatic rings. The van der Waals surface area contributed by atoms with Crippen molar-refractivity contribution in [1.82, 2.24) is 0 Å². The number of alkyl halides is 3. The Kier molecular flexibility index (Phi) is 4.52. The summed E-state index contributed by atoms with van der Waals surface area (Å²) in [5, 5.41) is 2.54. The molecule has 0 aromatic heterocycles. The van der Waals surface area contributed by atoms with Crippen LogP contribution in [0.25, 0.3) is 0 Å². The van der Waals surface area contributed by atoms with Gasteiger partial charge in [-0.2, -0.15) is 13.2 Å². The predicted molar refractivity (Wildman–Crippen MR) is 79.4 cm³/mol. The summed E-state index contributed by atoms with van der Waals surface area (Å²) in [5.41, 5.74) is -0.489. The maximum atomic E-state index is 13.1. The van der Waals surface area contributed by atoms with Crippen LogP contribution < -0.4 is 5.32 Å². The first kappa shape index (κ1) is 16.8. The van der Waals surface area contributed by atoms with Gasteiger partial charge >= 0.3 is 6.18 Å². The van der Waals surface area contributed by atoms with Gasteiger partial charge in [-0.1, -0.05) is 12.1 Å². The molecular weight excluding hydrogens is 293 g/mol. The summed E-state index contributed by atoms with van der Waals surface area (Å²) < 4.78 is 39.9. The van der Waals surface area contributed by atoms with Crippen LogP contribution >= 0.6 is 0 Å². The number of hydrogen-bond donors (Lipinski definition) is 1. The third-order valence-corrected chi connectivity index (χ3v) is 4.43. The molecule has 1 aliphatic heterocycles.